The molecule has 1 N–H and O–H groups in total. The molecule has 1 aliphatic heterocycles. The van der Waals surface area contributed by atoms with Crippen molar-refractivity contribution in [1.82, 2.24) is 20.0 Å². The molecular formula is C16H20BrN5O2. The van der Waals surface area contributed by atoms with Gasteiger partial charge in [-0.3, -0.25) is 4.79 Å². The summed E-state index contributed by atoms with van der Waals surface area (Å²) in [4.78, 5) is 23.0. The third-order valence-electron chi connectivity index (χ3n) is 4.41. The van der Waals surface area contributed by atoms with Crippen LogP contribution in [0.3, 0.4) is 0 Å². The molecule has 7 nitrogen and oxygen atoms in total. The van der Waals surface area contributed by atoms with E-state index >= 15 is 0 Å². The Kier molecular flexibility index (Phi) is 5.13. The first-order chi connectivity index (χ1) is 11.6. The molecule has 0 radical (unpaired) electrons. The predicted molar refractivity (Wildman–Crippen MR) is 92.7 cm³/mol. The first-order valence-corrected chi connectivity index (χ1v) is 8.84. The van der Waals surface area contributed by atoms with Crippen LogP contribution in [-0.2, 0) is 6.42 Å². The lowest BCUT2D eigenvalue weighted by Crippen LogP contribution is -2.33. The predicted octanol–water partition coefficient (Wildman–Crippen LogP) is 2.75. The van der Waals surface area contributed by atoms with Crippen molar-refractivity contribution in [3.05, 3.63) is 34.4 Å². The van der Waals surface area contributed by atoms with Gasteiger partial charge in [-0.2, -0.15) is 0 Å². The Bertz CT molecular complexity index is 703. The lowest BCUT2D eigenvalue weighted by atomic mass is 10.0. The van der Waals surface area contributed by atoms with Crippen molar-refractivity contribution in [2.24, 2.45) is 5.92 Å². The van der Waals surface area contributed by atoms with Gasteiger partial charge in [0.05, 0.1) is 10.2 Å². The van der Waals surface area contributed by atoms with E-state index in [9.17, 15) is 4.79 Å². The van der Waals surface area contributed by atoms with Gasteiger partial charge in [0.25, 0.3) is 5.91 Å². The zero-order valence-electron chi connectivity index (χ0n) is 13.7. The average Bonchev–Trinajstić information content (AvgIpc) is 3.25. The molecule has 1 fully saturated rings. The van der Waals surface area contributed by atoms with Crippen molar-refractivity contribution < 1.29 is 9.32 Å². The summed E-state index contributed by atoms with van der Waals surface area (Å²) < 4.78 is 5.80. The van der Waals surface area contributed by atoms with Gasteiger partial charge in [-0.05, 0) is 41.6 Å². The maximum Gasteiger partial charge on any atom is 0.259 e. The van der Waals surface area contributed by atoms with Crippen LogP contribution in [0.2, 0.25) is 0 Å². The van der Waals surface area contributed by atoms with Crippen molar-refractivity contribution in [3.8, 4) is 0 Å². The highest BCUT2D eigenvalue weighted by molar-refractivity contribution is 9.10. The van der Waals surface area contributed by atoms with Crippen LogP contribution in [0, 0.1) is 5.92 Å². The molecule has 128 valence electrons. The van der Waals surface area contributed by atoms with Crippen LogP contribution < -0.4 is 5.32 Å². The van der Waals surface area contributed by atoms with E-state index < -0.39 is 0 Å². The molecule has 1 aliphatic rings. The quantitative estimate of drug-likeness (QED) is 0.840. The molecule has 24 heavy (non-hydrogen) atoms. The van der Waals surface area contributed by atoms with E-state index in [-0.39, 0.29) is 11.9 Å². The van der Waals surface area contributed by atoms with Gasteiger partial charge >= 0.3 is 0 Å². The number of aromatic nitrogens is 3. The summed E-state index contributed by atoms with van der Waals surface area (Å²) in [5.74, 6) is 0.955. The van der Waals surface area contributed by atoms with Gasteiger partial charge in [-0.15, -0.1) is 0 Å². The Morgan fingerprint density at radius 2 is 2.25 bits per heavy atom. The number of rotatable bonds is 5. The molecule has 0 aliphatic carbocycles. The summed E-state index contributed by atoms with van der Waals surface area (Å²) in [6.07, 6.45) is 6.51. The second kappa shape index (κ2) is 7.29. The highest BCUT2D eigenvalue weighted by Crippen LogP contribution is 2.24. The minimum absolute atomic E-state index is 0.00249. The molecule has 0 spiro atoms. The normalized spacial score (nSPS) is 18.6. The van der Waals surface area contributed by atoms with Gasteiger partial charge in [0.2, 0.25) is 5.95 Å². The van der Waals surface area contributed by atoms with Crippen LogP contribution in [-0.4, -0.2) is 45.1 Å². The SMILES string of the molecule is CCc1nocc1C(=O)N1CCC(C(C)Nc2ncc(Br)cn2)C1. The first kappa shape index (κ1) is 16.9. The van der Waals surface area contributed by atoms with Crippen molar-refractivity contribution in [2.45, 2.75) is 32.7 Å². The van der Waals surface area contributed by atoms with E-state index in [1.807, 2.05) is 11.8 Å². The van der Waals surface area contributed by atoms with E-state index in [1.54, 1.807) is 12.4 Å². The summed E-state index contributed by atoms with van der Waals surface area (Å²) in [6, 6.07) is 0.178. The Hall–Kier alpha value is -1.96. The molecule has 3 rings (SSSR count). The molecule has 2 atom stereocenters. The lowest BCUT2D eigenvalue weighted by Gasteiger charge is -2.21. The number of nitrogens with zero attached hydrogens (tertiary/aromatic N) is 4. The van der Waals surface area contributed by atoms with Crippen molar-refractivity contribution in [1.29, 1.82) is 0 Å². The minimum atomic E-state index is 0.00249. The van der Waals surface area contributed by atoms with Crippen LogP contribution >= 0.6 is 15.9 Å². The molecule has 1 amide bonds. The Balaban J connectivity index is 1.60. The highest BCUT2D eigenvalue weighted by Gasteiger charge is 2.32. The van der Waals surface area contributed by atoms with Crippen LogP contribution in [0.1, 0.15) is 36.3 Å². The fourth-order valence-corrected chi connectivity index (χ4v) is 3.15. The molecule has 2 unspecified atom stereocenters. The second-order valence-corrected chi connectivity index (χ2v) is 6.90. The van der Waals surface area contributed by atoms with Crippen LogP contribution in [0.15, 0.2) is 27.7 Å². The Morgan fingerprint density at radius 1 is 1.50 bits per heavy atom. The van der Waals surface area contributed by atoms with Crippen molar-refractivity contribution in [2.75, 3.05) is 18.4 Å². The van der Waals surface area contributed by atoms with Gasteiger partial charge in [0, 0.05) is 31.5 Å². The third-order valence-corrected chi connectivity index (χ3v) is 4.82. The van der Waals surface area contributed by atoms with Crippen LogP contribution in [0.4, 0.5) is 5.95 Å². The number of carbonyl (C=O) groups excluding carboxylic acids is 1. The largest absolute Gasteiger partial charge is 0.364 e. The van der Waals surface area contributed by atoms with Gasteiger partial charge in [0.15, 0.2) is 0 Å². The maximum absolute atomic E-state index is 12.6. The summed E-state index contributed by atoms with van der Waals surface area (Å²) in [5.41, 5.74) is 1.30. The molecule has 8 heteroatoms. The molecule has 0 aromatic carbocycles. The van der Waals surface area contributed by atoms with Crippen LogP contribution in [0.25, 0.3) is 0 Å². The summed E-state index contributed by atoms with van der Waals surface area (Å²) in [5, 5.41) is 7.20. The van der Waals surface area contributed by atoms with Gasteiger partial charge in [-0.25, -0.2) is 9.97 Å². The number of amides is 1. The summed E-state index contributed by atoms with van der Waals surface area (Å²) in [7, 11) is 0. The monoisotopic (exact) mass is 393 g/mol. The van der Waals surface area contributed by atoms with E-state index in [1.165, 1.54) is 6.26 Å². The van der Waals surface area contributed by atoms with Crippen molar-refractivity contribution >= 4 is 27.8 Å². The van der Waals surface area contributed by atoms with Gasteiger partial charge in [0.1, 0.15) is 11.8 Å². The summed E-state index contributed by atoms with van der Waals surface area (Å²) in [6.45, 7) is 5.51. The van der Waals surface area contributed by atoms with E-state index in [0.717, 1.165) is 23.1 Å². The zero-order chi connectivity index (χ0) is 17.1. The standard InChI is InChI=1S/C16H20BrN5O2/c1-3-14-13(9-24-21-14)15(23)22-5-4-11(8-22)10(2)20-16-18-6-12(17)7-19-16/h6-7,9-11H,3-5,8H2,1-2H3,(H,18,19,20). The molecule has 2 aromatic rings. The number of hydrogen-bond acceptors (Lipinski definition) is 6. The number of halogens is 1. The third kappa shape index (κ3) is 3.58. The summed E-state index contributed by atoms with van der Waals surface area (Å²) >= 11 is 3.32. The Morgan fingerprint density at radius 3 is 2.96 bits per heavy atom. The minimum Gasteiger partial charge on any atom is -0.364 e. The molecule has 1 saturated heterocycles. The van der Waals surface area contributed by atoms with E-state index in [4.69, 9.17) is 4.52 Å². The molecule has 0 bridgehead atoms. The molecule has 2 aromatic heterocycles. The molecule has 3 heterocycles. The number of hydrogen-bond donors (Lipinski definition) is 1. The lowest BCUT2D eigenvalue weighted by molar-refractivity contribution is 0.0784. The van der Waals surface area contributed by atoms with Gasteiger partial charge in [-0.1, -0.05) is 12.1 Å². The smallest absolute Gasteiger partial charge is 0.259 e. The second-order valence-electron chi connectivity index (χ2n) is 5.99. The number of carbonyl (C=O) groups is 1. The Labute approximate surface area is 149 Å². The van der Waals surface area contributed by atoms with E-state index in [2.05, 4.69) is 43.3 Å². The number of aryl methyl sites for hydroxylation is 1. The van der Waals surface area contributed by atoms with Gasteiger partial charge < -0.3 is 14.7 Å². The average molecular weight is 394 g/mol. The van der Waals surface area contributed by atoms with Crippen molar-refractivity contribution in [3.63, 3.8) is 0 Å². The van der Waals surface area contributed by atoms with E-state index in [0.29, 0.717) is 30.4 Å². The topological polar surface area (TPSA) is 84.2 Å². The first-order valence-electron chi connectivity index (χ1n) is 8.05. The molecular weight excluding hydrogens is 374 g/mol. The maximum atomic E-state index is 12.6. The zero-order valence-corrected chi connectivity index (χ0v) is 15.3. The molecule has 0 saturated carbocycles. The van der Waals surface area contributed by atoms with Crippen LogP contribution in [0.5, 0.6) is 0 Å². The fraction of sp³-hybridized carbons (Fsp3) is 0.500. The fourth-order valence-electron chi connectivity index (χ4n) is 2.95. The number of anilines is 1. The highest BCUT2D eigenvalue weighted by atomic mass is 79.9. The number of likely N-dealkylation sites (tertiary alicyclic amines) is 1. The number of nitrogens with one attached hydrogen (secondary N) is 1.